The largest absolute Gasteiger partial charge is 0.362 e. The average molecular weight is 302 g/mol. The molecular formula is C15H18N4OS. The van der Waals surface area contributed by atoms with Gasteiger partial charge in [-0.25, -0.2) is 0 Å². The molecular weight excluding hydrogens is 284 g/mol. The van der Waals surface area contributed by atoms with Crippen LogP contribution in [0.15, 0.2) is 42.0 Å². The van der Waals surface area contributed by atoms with Gasteiger partial charge in [-0.3, -0.25) is 9.80 Å². The van der Waals surface area contributed by atoms with Gasteiger partial charge in [-0.1, -0.05) is 36.0 Å². The first-order valence-electron chi connectivity index (χ1n) is 6.82. The molecule has 0 saturated heterocycles. The molecule has 0 bridgehead atoms. The number of amidine groups is 1. The molecule has 2 heterocycles. The molecule has 0 unspecified atom stereocenters. The number of rotatable bonds is 2. The number of fused-ring (bicyclic) bond motifs is 3. The van der Waals surface area contributed by atoms with Crippen LogP contribution in [-0.4, -0.2) is 27.5 Å². The summed E-state index contributed by atoms with van der Waals surface area (Å²) < 4.78 is 0. The van der Waals surface area contributed by atoms with E-state index in [2.05, 4.69) is 22.3 Å². The SMILES string of the molecule is C=CCSC1=NN2[C@H](C(=O)N1)c1ccccc1NC2(C)C. The highest BCUT2D eigenvalue weighted by atomic mass is 32.2. The van der Waals surface area contributed by atoms with Crippen LogP contribution in [0.25, 0.3) is 0 Å². The lowest BCUT2D eigenvalue weighted by Gasteiger charge is -2.48. The van der Waals surface area contributed by atoms with Gasteiger partial charge in [0.05, 0.1) is 0 Å². The van der Waals surface area contributed by atoms with Crippen LogP contribution >= 0.6 is 11.8 Å². The number of nitrogens with zero attached hydrogens (tertiary/aromatic N) is 2. The Kier molecular flexibility index (Phi) is 3.41. The van der Waals surface area contributed by atoms with E-state index in [1.807, 2.05) is 43.1 Å². The maximum absolute atomic E-state index is 12.6. The number of hydrogen-bond acceptors (Lipinski definition) is 5. The van der Waals surface area contributed by atoms with Crippen LogP contribution < -0.4 is 10.6 Å². The molecule has 0 spiro atoms. The van der Waals surface area contributed by atoms with Gasteiger partial charge in [-0.2, -0.15) is 0 Å². The van der Waals surface area contributed by atoms with E-state index in [1.54, 1.807) is 6.08 Å². The van der Waals surface area contributed by atoms with Gasteiger partial charge in [0.2, 0.25) is 0 Å². The monoisotopic (exact) mass is 302 g/mol. The molecule has 1 aromatic rings. The van der Waals surface area contributed by atoms with Crippen molar-refractivity contribution in [3.05, 3.63) is 42.5 Å². The molecule has 0 aliphatic carbocycles. The van der Waals surface area contributed by atoms with Crippen LogP contribution in [0, 0.1) is 0 Å². The molecule has 3 rings (SSSR count). The predicted molar refractivity (Wildman–Crippen MR) is 87.0 cm³/mol. The highest BCUT2D eigenvalue weighted by Gasteiger charge is 2.45. The van der Waals surface area contributed by atoms with Gasteiger partial charge in [0.1, 0.15) is 5.66 Å². The Morgan fingerprint density at radius 2 is 2.24 bits per heavy atom. The fourth-order valence-corrected chi connectivity index (χ4v) is 3.22. The number of thioether (sulfide) groups is 1. The number of carbonyl (C=O) groups excluding carboxylic acids is 1. The highest BCUT2D eigenvalue weighted by molar-refractivity contribution is 8.14. The normalized spacial score (nSPS) is 22.4. The minimum absolute atomic E-state index is 0.0430. The molecule has 0 aromatic heterocycles. The second kappa shape index (κ2) is 5.11. The van der Waals surface area contributed by atoms with E-state index in [-0.39, 0.29) is 5.91 Å². The third kappa shape index (κ3) is 2.40. The molecule has 0 fully saturated rings. The first kappa shape index (κ1) is 14.0. The Hall–Kier alpha value is -1.95. The van der Waals surface area contributed by atoms with Gasteiger partial charge in [0.25, 0.3) is 5.91 Å². The van der Waals surface area contributed by atoms with Crippen molar-refractivity contribution in [1.29, 1.82) is 0 Å². The number of benzene rings is 1. The van der Waals surface area contributed by atoms with Gasteiger partial charge in [-0.15, -0.1) is 11.7 Å². The summed E-state index contributed by atoms with van der Waals surface area (Å²) in [4.78, 5) is 12.6. The van der Waals surface area contributed by atoms with Crippen LogP contribution in [0.5, 0.6) is 0 Å². The number of anilines is 1. The fraction of sp³-hybridized carbons (Fsp3) is 0.333. The van der Waals surface area contributed by atoms with Crippen LogP contribution in [0.3, 0.4) is 0 Å². The first-order chi connectivity index (χ1) is 10.0. The molecule has 2 aliphatic heterocycles. The Balaban J connectivity index is 2.03. The van der Waals surface area contributed by atoms with Crippen molar-refractivity contribution in [3.63, 3.8) is 0 Å². The van der Waals surface area contributed by atoms with Crippen molar-refractivity contribution in [2.45, 2.75) is 25.6 Å². The van der Waals surface area contributed by atoms with E-state index in [0.717, 1.165) is 11.3 Å². The fourth-order valence-electron chi connectivity index (χ4n) is 2.63. The summed E-state index contributed by atoms with van der Waals surface area (Å²) >= 11 is 1.47. The molecule has 1 atom stereocenters. The molecule has 2 aliphatic rings. The number of hydrogen-bond donors (Lipinski definition) is 2. The molecule has 1 aromatic carbocycles. The Morgan fingerprint density at radius 1 is 1.48 bits per heavy atom. The van der Waals surface area contributed by atoms with Crippen LogP contribution in [0.1, 0.15) is 25.5 Å². The highest BCUT2D eigenvalue weighted by Crippen LogP contribution is 2.41. The Bertz CT molecular complexity index is 626. The van der Waals surface area contributed by atoms with E-state index >= 15 is 0 Å². The van der Waals surface area contributed by atoms with Crippen LogP contribution in [0.4, 0.5) is 5.69 Å². The van der Waals surface area contributed by atoms with Crippen molar-refractivity contribution in [1.82, 2.24) is 10.3 Å². The zero-order chi connectivity index (χ0) is 15.0. The predicted octanol–water partition coefficient (Wildman–Crippen LogP) is 2.51. The average Bonchev–Trinajstić information content (AvgIpc) is 2.44. The van der Waals surface area contributed by atoms with Gasteiger partial charge < -0.3 is 10.6 Å². The quantitative estimate of drug-likeness (QED) is 0.824. The molecule has 0 radical (unpaired) electrons. The lowest BCUT2D eigenvalue weighted by Crippen LogP contribution is -2.59. The second-order valence-electron chi connectivity index (χ2n) is 5.51. The molecule has 1 amide bonds. The van der Waals surface area contributed by atoms with Crippen molar-refractivity contribution < 1.29 is 4.79 Å². The van der Waals surface area contributed by atoms with E-state index in [0.29, 0.717) is 10.9 Å². The summed E-state index contributed by atoms with van der Waals surface area (Å²) in [7, 11) is 0. The third-order valence-corrected chi connectivity index (χ3v) is 4.39. The number of carbonyl (C=O) groups is 1. The van der Waals surface area contributed by atoms with E-state index < -0.39 is 11.7 Å². The number of nitrogens with one attached hydrogen (secondary N) is 2. The van der Waals surface area contributed by atoms with Crippen molar-refractivity contribution in [3.8, 4) is 0 Å². The zero-order valence-corrected chi connectivity index (χ0v) is 12.9. The smallest absolute Gasteiger partial charge is 0.255 e. The summed E-state index contributed by atoms with van der Waals surface area (Å²) in [6.07, 6.45) is 1.79. The summed E-state index contributed by atoms with van der Waals surface area (Å²) in [6, 6.07) is 7.47. The third-order valence-electron chi connectivity index (χ3n) is 3.53. The van der Waals surface area contributed by atoms with E-state index in [1.165, 1.54) is 11.8 Å². The maximum Gasteiger partial charge on any atom is 0.255 e. The molecule has 6 heteroatoms. The second-order valence-corrected chi connectivity index (χ2v) is 6.52. The lowest BCUT2D eigenvalue weighted by molar-refractivity contribution is -0.129. The van der Waals surface area contributed by atoms with Crippen LogP contribution in [-0.2, 0) is 4.79 Å². The minimum atomic E-state index is -0.434. The van der Waals surface area contributed by atoms with E-state index in [9.17, 15) is 4.79 Å². The van der Waals surface area contributed by atoms with Gasteiger partial charge in [0, 0.05) is 17.0 Å². The van der Waals surface area contributed by atoms with Crippen molar-refractivity contribution >= 4 is 28.5 Å². The first-order valence-corrected chi connectivity index (χ1v) is 7.81. The lowest BCUT2D eigenvalue weighted by atomic mass is 9.96. The summed E-state index contributed by atoms with van der Waals surface area (Å²) in [5.41, 5.74) is 1.50. The molecule has 21 heavy (non-hydrogen) atoms. The zero-order valence-electron chi connectivity index (χ0n) is 12.1. The minimum Gasteiger partial charge on any atom is -0.362 e. The van der Waals surface area contributed by atoms with Crippen LogP contribution in [0.2, 0.25) is 0 Å². The van der Waals surface area contributed by atoms with Gasteiger partial charge >= 0.3 is 0 Å². The maximum atomic E-state index is 12.6. The van der Waals surface area contributed by atoms with E-state index in [4.69, 9.17) is 0 Å². The molecule has 2 N–H and O–H groups in total. The van der Waals surface area contributed by atoms with Gasteiger partial charge in [0.15, 0.2) is 11.2 Å². The number of amides is 1. The molecule has 0 saturated carbocycles. The Morgan fingerprint density at radius 3 is 3.00 bits per heavy atom. The summed E-state index contributed by atoms with van der Waals surface area (Å²) in [6.45, 7) is 7.73. The molecule has 5 nitrogen and oxygen atoms in total. The van der Waals surface area contributed by atoms with Gasteiger partial charge in [-0.05, 0) is 19.9 Å². The van der Waals surface area contributed by atoms with Crippen molar-refractivity contribution in [2.24, 2.45) is 5.10 Å². The number of para-hydroxylation sites is 1. The number of hydrazone groups is 1. The summed E-state index contributed by atoms with van der Waals surface area (Å²) in [5, 5.41) is 13.4. The topological polar surface area (TPSA) is 56.7 Å². The summed E-state index contributed by atoms with van der Waals surface area (Å²) in [5.74, 6) is 0.667. The molecule has 110 valence electrons. The standard InChI is InChI=1S/C15H18N4OS/c1-4-9-21-14-16-13(20)12-10-7-5-6-8-11(10)17-15(2,3)19(12)18-14/h4-8,12,17H,1,9H2,2-3H3,(H,16,18,20)/t12-/m0/s1. The Labute approximate surface area is 128 Å². The van der Waals surface area contributed by atoms with Crippen molar-refractivity contribution in [2.75, 3.05) is 11.1 Å².